The number of halogens is 1. The average Bonchev–Trinajstić information content (AvgIpc) is 2.41. The van der Waals surface area contributed by atoms with Crippen LogP contribution in [0.5, 0.6) is 0 Å². The zero-order valence-electron chi connectivity index (χ0n) is 11.8. The van der Waals surface area contributed by atoms with Gasteiger partial charge in [0, 0.05) is 11.1 Å². The van der Waals surface area contributed by atoms with E-state index in [1.807, 2.05) is 31.2 Å². The van der Waals surface area contributed by atoms with Crippen LogP contribution in [0.25, 0.3) is 0 Å². The fourth-order valence-electron chi connectivity index (χ4n) is 2.09. The lowest BCUT2D eigenvalue weighted by atomic mass is 10.1. The summed E-state index contributed by atoms with van der Waals surface area (Å²) in [6.07, 6.45) is 0. The van der Waals surface area contributed by atoms with Gasteiger partial charge in [-0.2, -0.15) is 0 Å². The van der Waals surface area contributed by atoms with Gasteiger partial charge in [0.2, 0.25) is 0 Å². The lowest BCUT2D eigenvalue weighted by Crippen LogP contribution is -2.23. The van der Waals surface area contributed by atoms with E-state index >= 15 is 0 Å². The minimum absolute atomic E-state index is 0.0910. The summed E-state index contributed by atoms with van der Waals surface area (Å²) in [5.74, 6) is -0.187. The molecule has 0 fully saturated rings. The molecule has 0 aliphatic rings. The third-order valence-electron chi connectivity index (χ3n) is 3.27. The zero-order chi connectivity index (χ0) is 15.5. The van der Waals surface area contributed by atoms with Gasteiger partial charge < -0.3 is 5.73 Å². The van der Waals surface area contributed by atoms with Crippen molar-refractivity contribution >= 4 is 21.4 Å². The molecule has 2 N–H and O–H groups in total. The molecule has 112 valence electrons. The van der Waals surface area contributed by atoms with Gasteiger partial charge >= 0.3 is 0 Å². The third kappa shape index (κ3) is 4.56. The molecule has 5 heteroatoms. The van der Waals surface area contributed by atoms with Gasteiger partial charge in [0.05, 0.1) is 11.5 Å². The number of rotatable bonds is 5. The number of sulfone groups is 1. The first-order chi connectivity index (χ1) is 9.87. The molecule has 0 aliphatic heterocycles. The van der Waals surface area contributed by atoms with Gasteiger partial charge in [0.25, 0.3) is 0 Å². The van der Waals surface area contributed by atoms with E-state index in [4.69, 9.17) is 17.3 Å². The summed E-state index contributed by atoms with van der Waals surface area (Å²) in [5.41, 5.74) is 8.56. The monoisotopic (exact) mass is 323 g/mol. The number of hydrogen-bond donors (Lipinski definition) is 1. The van der Waals surface area contributed by atoms with Crippen molar-refractivity contribution in [2.24, 2.45) is 5.73 Å². The Labute approximate surface area is 130 Å². The summed E-state index contributed by atoms with van der Waals surface area (Å²) < 4.78 is 24.5. The standard InChI is InChI=1S/C16H18ClNO2S/c1-12-6-8-13(9-7-12)16(18)11-21(19,20)10-14-4-2-3-5-15(14)17/h2-9,16H,10-11,18H2,1H3. The summed E-state index contributed by atoms with van der Waals surface area (Å²) in [4.78, 5) is 0. The van der Waals surface area contributed by atoms with E-state index in [1.165, 1.54) is 0 Å². The maximum Gasteiger partial charge on any atom is 0.156 e. The first-order valence-electron chi connectivity index (χ1n) is 6.63. The molecule has 21 heavy (non-hydrogen) atoms. The highest BCUT2D eigenvalue weighted by molar-refractivity contribution is 7.90. The average molecular weight is 324 g/mol. The maximum atomic E-state index is 12.3. The van der Waals surface area contributed by atoms with Crippen molar-refractivity contribution in [1.82, 2.24) is 0 Å². The SMILES string of the molecule is Cc1ccc(C(N)CS(=O)(=O)Cc2ccccc2Cl)cc1. The molecule has 2 aromatic rings. The van der Waals surface area contributed by atoms with Crippen LogP contribution in [0.2, 0.25) is 5.02 Å². The maximum absolute atomic E-state index is 12.3. The quantitative estimate of drug-likeness (QED) is 0.918. The lowest BCUT2D eigenvalue weighted by Gasteiger charge is -2.13. The second kappa shape index (κ2) is 6.60. The lowest BCUT2D eigenvalue weighted by molar-refractivity contribution is 0.588. The second-order valence-electron chi connectivity index (χ2n) is 5.16. The Morgan fingerprint density at radius 2 is 1.71 bits per heavy atom. The van der Waals surface area contributed by atoms with Gasteiger partial charge in [-0.25, -0.2) is 8.42 Å². The van der Waals surface area contributed by atoms with Crippen molar-refractivity contribution in [2.75, 3.05) is 5.75 Å². The summed E-state index contributed by atoms with van der Waals surface area (Å²) >= 11 is 6.01. The molecule has 1 unspecified atom stereocenters. The molecular formula is C16H18ClNO2S. The Bertz CT molecular complexity index is 711. The Morgan fingerprint density at radius 3 is 2.33 bits per heavy atom. The van der Waals surface area contributed by atoms with Crippen LogP contribution in [0.3, 0.4) is 0 Å². The summed E-state index contributed by atoms with van der Waals surface area (Å²) in [5, 5.41) is 0.463. The Hall–Kier alpha value is -1.36. The van der Waals surface area contributed by atoms with Crippen LogP contribution in [0.15, 0.2) is 48.5 Å². The van der Waals surface area contributed by atoms with E-state index in [1.54, 1.807) is 24.3 Å². The Morgan fingerprint density at radius 1 is 1.10 bits per heavy atom. The number of hydrogen-bond acceptors (Lipinski definition) is 3. The van der Waals surface area contributed by atoms with Crippen molar-refractivity contribution in [3.63, 3.8) is 0 Å². The molecule has 0 heterocycles. The highest BCUT2D eigenvalue weighted by atomic mass is 35.5. The predicted molar refractivity (Wildman–Crippen MR) is 87.1 cm³/mol. The van der Waals surface area contributed by atoms with Crippen molar-refractivity contribution in [1.29, 1.82) is 0 Å². The molecule has 1 atom stereocenters. The molecule has 0 aliphatic carbocycles. The minimum atomic E-state index is -3.32. The minimum Gasteiger partial charge on any atom is -0.323 e. The Kier molecular flexibility index (Phi) is 5.04. The molecule has 0 bridgehead atoms. The molecule has 2 aromatic carbocycles. The highest BCUT2D eigenvalue weighted by Crippen LogP contribution is 2.20. The normalized spacial score (nSPS) is 13.1. The van der Waals surface area contributed by atoms with Crippen LogP contribution >= 0.6 is 11.6 Å². The first kappa shape index (κ1) is 16.0. The van der Waals surface area contributed by atoms with Gasteiger partial charge in [-0.1, -0.05) is 59.6 Å². The molecule has 0 aromatic heterocycles. The third-order valence-corrected chi connectivity index (χ3v) is 5.26. The van der Waals surface area contributed by atoms with Crippen LogP contribution in [-0.4, -0.2) is 14.2 Å². The second-order valence-corrected chi connectivity index (χ2v) is 7.68. The van der Waals surface area contributed by atoms with Gasteiger partial charge in [0.15, 0.2) is 9.84 Å². The van der Waals surface area contributed by atoms with Gasteiger partial charge in [-0.3, -0.25) is 0 Å². The van der Waals surface area contributed by atoms with Crippen molar-refractivity contribution in [2.45, 2.75) is 18.7 Å². The van der Waals surface area contributed by atoms with Crippen LogP contribution in [0.1, 0.15) is 22.7 Å². The van der Waals surface area contributed by atoms with Crippen LogP contribution in [-0.2, 0) is 15.6 Å². The molecule has 3 nitrogen and oxygen atoms in total. The molecule has 0 amide bonds. The van der Waals surface area contributed by atoms with Crippen LogP contribution in [0.4, 0.5) is 0 Å². The summed E-state index contributed by atoms with van der Waals surface area (Å²) in [7, 11) is -3.32. The molecule has 2 rings (SSSR count). The summed E-state index contributed by atoms with van der Waals surface area (Å²) in [6.45, 7) is 1.98. The molecule has 0 saturated carbocycles. The smallest absolute Gasteiger partial charge is 0.156 e. The molecular weight excluding hydrogens is 306 g/mol. The predicted octanol–water partition coefficient (Wildman–Crippen LogP) is 3.26. The van der Waals surface area contributed by atoms with E-state index in [-0.39, 0.29) is 11.5 Å². The Balaban J connectivity index is 2.10. The number of aryl methyl sites for hydroxylation is 1. The first-order valence-corrected chi connectivity index (χ1v) is 8.83. The van der Waals surface area contributed by atoms with E-state index in [9.17, 15) is 8.42 Å². The molecule has 0 saturated heterocycles. The van der Waals surface area contributed by atoms with Crippen molar-refractivity contribution in [3.05, 3.63) is 70.2 Å². The fraction of sp³-hybridized carbons (Fsp3) is 0.250. The van der Waals surface area contributed by atoms with Crippen molar-refractivity contribution in [3.8, 4) is 0 Å². The van der Waals surface area contributed by atoms with E-state index in [0.29, 0.717) is 10.6 Å². The van der Waals surface area contributed by atoms with Crippen LogP contribution < -0.4 is 5.73 Å². The van der Waals surface area contributed by atoms with Crippen molar-refractivity contribution < 1.29 is 8.42 Å². The molecule has 0 spiro atoms. The summed E-state index contributed by atoms with van der Waals surface area (Å²) in [6, 6.07) is 14.0. The number of nitrogens with two attached hydrogens (primary N) is 1. The van der Waals surface area contributed by atoms with E-state index < -0.39 is 15.9 Å². The van der Waals surface area contributed by atoms with Crippen LogP contribution in [0, 0.1) is 6.92 Å². The number of benzene rings is 2. The van der Waals surface area contributed by atoms with E-state index in [2.05, 4.69) is 0 Å². The van der Waals surface area contributed by atoms with Gasteiger partial charge in [0.1, 0.15) is 0 Å². The zero-order valence-corrected chi connectivity index (χ0v) is 13.4. The highest BCUT2D eigenvalue weighted by Gasteiger charge is 2.19. The molecule has 0 radical (unpaired) electrons. The van der Waals surface area contributed by atoms with E-state index in [0.717, 1.165) is 11.1 Å². The topological polar surface area (TPSA) is 60.2 Å². The van der Waals surface area contributed by atoms with Gasteiger partial charge in [-0.05, 0) is 24.1 Å². The fourth-order valence-corrected chi connectivity index (χ4v) is 3.96. The largest absolute Gasteiger partial charge is 0.323 e. The van der Waals surface area contributed by atoms with Gasteiger partial charge in [-0.15, -0.1) is 0 Å².